The largest absolute Gasteiger partial charge is 0.495 e. The first-order valence-electron chi connectivity index (χ1n) is 11.6. The Balaban J connectivity index is 1.47. The smallest absolute Gasteiger partial charge is 0.317 e. The van der Waals surface area contributed by atoms with Crippen LogP contribution in [0, 0.1) is 0 Å². The number of ether oxygens (including phenoxy) is 1. The second-order valence-corrected chi connectivity index (χ2v) is 9.12. The Kier molecular flexibility index (Phi) is 6.76. The minimum Gasteiger partial charge on any atom is -0.495 e. The maximum Gasteiger partial charge on any atom is 0.317 e. The predicted octanol–water partition coefficient (Wildman–Crippen LogP) is 3.13. The Hall–Kier alpha value is -3.23. The van der Waals surface area contributed by atoms with Crippen LogP contribution >= 0.6 is 0 Å². The summed E-state index contributed by atoms with van der Waals surface area (Å²) in [6.45, 7) is 8.14. The molecule has 1 fully saturated rings. The zero-order valence-corrected chi connectivity index (χ0v) is 20.1. The van der Waals surface area contributed by atoms with E-state index < -0.39 is 0 Å². The van der Waals surface area contributed by atoms with Crippen LogP contribution in [0.5, 0.6) is 5.75 Å². The number of hydrogen-bond acceptors (Lipinski definition) is 7. The van der Waals surface area contributed by atoms with Gasteiger partial charge < -0.3 is 29.6 Å². The summed E-state index contributed by atoms with van der Waals surface area (Å²) in [7, 11) is 3.47. The molecule has 1 aromatic rings. The van der Waals surface area contributed by atoms with Crippen LogP contribution in [0.4, 0.5) is 10.5 Å². The van der Waals surface area contributed by atoms with Crippen molar-refractivity contribution >= 4 is 30.0 Å². The number of nitrogens with one attached hydrogen (secondary N) is 1. The minimum absolute atomic E-state index is 0.0883. The SMILES string of the molecule is COc1cc(/C=C2\CCCN3C2=NO[C@H]3CN(C)C(=O)NC(C)C)ccc1N1C=NC(C)C1. The number of rotatable bonds is 6. The fourth-order valence-electron chi connectivity index (χ4n) is 4.30. The standard InChI is InChI=1S/C24H34N6O3/c1-16(2)26-24(31)28(4)14-22-30-10-6-7-19(23(30)27-33-22)11-18-8-9-20(21(12-18)32-5)29-13-17(3)25-15-29/h8-9,11-12,15-17,22H,6-7,10,13-14H2,1-5H3,(H,26,31)/b19-11+/t17?,22-/m0/s1. The lowest BCUT2D eigenvalue weighted by Gasteiger charge is -2.32. The number of nitrogens with zero attached hydrogens (tertiary/aromatic N) is 5. The van der Waals surface area contributed by atoms with Gasteiger partial charge in [-0.2, -0.15) is 0 Å². The lowest BCUT2D eigenvalue weighted by Crippen LogP contribution is -2.49. The van der Waals surface area contributed by atoms with E-state index in [1.54, 1.807) is 19.1 Å². The van der Waals surface area contributed by atoms with Gasteiger partial charge in [-0.15, -0.1) is 0 Å². The normalized spacial score (nSPS) is 23.0. The van der Waals surface area contributed by atoms with E-state index in [1.807, 2.05) is 20.2 Å². The number of oxime groups is 1. The van der Waals surface area contributed by atoms with Gasteiger partial charge in [0.2, 0.25) is 6.23 Å². The van der Waals surface area contributed by atoms with Gasteiger partial charge in [0.05, 0.1) is 31.7 Å². The lowest BCUT2D eigenvalue weighted by molar-refractivity contribution is -0.00453. The maximum atomic E-state index is 12.3. The van der Waals surface area contributed by atoms with Crippen LogP contribution in [0.1, 0.15) is 39.2 Å². The van der Waals surface area contributed by atoms with Gasteiger partial charge in [-0.3, -0.25) is 4.99 Å². The third kappa shape index (κ3) is 5.07. The van der Waals surface area contributed by atoms with Gasteiger partial charge in [0, 0.05) is 26.2 Å². The van der Waals surface area contributed by atoms with Crippen LogP contribution in [-0.4, -0.2) is 80.1 Å². The van der Waals surface area contributed by atoms with Gasteiger partial charge in [0.1, 0.15) is 5.75 Å². The number of fused-ring (bicyclic) bond motifs is 1. The molecule has 0 bridgehead atoms. The molecule has 1 unspecified atom stereocenters. The Morgan fingerprint density at radius 3 is 2.94 bits per heavy atom. The molecule has 3 heterocycles. The van der Waals surface area contributed by atoms with Gasteiger partial charge in [-0.25, -0.2) is 4.79 Å². The van der Waals surface area contributed by atoms with Crippen molar-refractivity contribution < 1.29 is 14.4 Å². The topological polar surface area (TPSA) is 82.0 Å². The minimum atomic E-state index is -0.278. The van der Waals surface area contributed by atoms with E-state index in [1.165, 1.54) is 0 Å². The summed E-state index contributed by atoms with van der Waals surface area (Å²) < 4.78 is 5.68. The number of anilines is 1. The van der Waals surface area contributed by atoms with Crippen molar-refractivity contribution in [1.29, 1.82) is 0 Å². The number of amidine groups is 1. The van der Waals surface area contributed by atoms with Crippen LogP contribution < -0.4 is 15.0 Å². The average Bonchev–Trinajstić information content (AvgIpc) is 3.40. The molecule has 3 aliphatic heterocycles. The van der Waals surface area contributed by atoms with Crippen LogP contribution in [0.25, 0.3) is 6.08 Å². The summed E-state index contributed by atoms with van der Waals surface area (Å²) in [6.07, 6.45) is 5.68. The predicted molar refractivity (Wildman–Crippen MR) is 131 cm³/mol. The molecular formula is C24H34N6O3. The first-order chi connectivity index (χ1) is 15.9. The van der Waals surface area contributed by atoms with Gasteiger partial charge >= 0.3 is 6.03 Å². The van der Waals surface area contributed by atoms with Crippen molar-refractivity contribution in [2.45, 2.75) is 51.9 Å². The zero-order chi connectivity index (χ0) is 23.5. The second-order valence-electron chi connectivity index (χ2n) is 9.12. The van der Waals surface area contributed by atoms with E-state index in [0.29, 0.717) is 6.54 Å². The van der Waals surface area contributed by atoms with Gasteiger partial charge in [-0.05, 0) is 63.0 Å². The van der Waals surface area contributed by atoms with E-state index in [0.717, 1.165) is 54.3 Å². The molecule has 1 saturated heterocycles. The zero-order valence-electron chi connectivity index (χ0n) is 20.1. The molecule has 2 amide bonds. The average molecular weight is 455 g/mol. The first-order valence-corrected chi connectivity index (χ1v) is 11.6. The first kappa shape index (κ1) is 22.9. The Morgan fingerprint density at radius 1 is 1.42 bits per heavy atom. The molecule has 1 aromatic carbocycles. The highest BCUT2D eigenvalue weighted by Crippen LogP contribution is 2.33. The van der Waals surface area contributed by atoms with E-state index in [-0.39, 0.29) is 24.3 Å². The quantitative estimate of drug-likeness (QED) is 0.714. The molecule has 4 rings (SSSR count). The van der Waals surface area contributed by atoms with E-state index >= 15 is 0 Å². The molecule has 0 aromatic heterocycles. The van der Waals surface area contributed by atoms with Crippen LogP contribution in [0.3, 0.4) is 0 Å². The van der Waals surface area contributed by atoms with Crippen molar-refractivity contribution in [2.24, 2.45) is 10.1 Å². The van der Waals surface area contributed by atoms with E-state index in [4.69, 9.17) is 9.57 Å². The van der Waals surface area contributed by atoms with Gasteiger partial charge in [0.15, 0.2) is 5.84 Å². The summed E-state index contributed by atoms with van der Waals surface area (Å²) in [4.78, 5) is 28.4. The van der Waals surface area contributed by atoms with Crippen molar-refractivity contribution in [3.05, 3.63) is 29.3 Å². The highest BCUT2D eigenvalue weighted by atomic mass is 16.7. The molecule has 1 N–H and O–H groups in total. The lowest BCUT2D eigenvalue weighted by atomic mass is 10.00. The molecule has 3 aliphatic rings. The maximum absolute atomic E-state index is 12.3. The fraction of sp³-hybridized carbons (Fsp3) is 0.542. The number of piperidine rings is 1. The number of methoxy groups -OCH3 is 1. The van der Waals surface area contributed by atoms with Crippen molar-refractivity contribution in [1.82, 2.24) is 15.1 Å². The highest BCUT2D eigenvalue weighted by Gasteiger charge is 2.36. The molecule has 9 nitrogen and oxygen atoms in total. The molecule has 178 valence electrons. The highest BCUT2D eigenvalue weighted by molar-refractivity contribution is 6.03. The molecule has 9 heteroatoms. The summed E-state index contributed by atoms with van der Waals surface area (Å²) >= 11 is 0. The number of carbonyl (C=O) groups excluding carboxylic acids is 1. The van der Waals surface area contributed by atoms with Crippen LogP contribution in [-0.2, 0) is 4.84 Å². The van der Waals surface area contributed by atoms with Crippen LogP contribution in [0.2, 0.25) is 0 Å². The second kappa shape index (κ2) is 9.72. The summed E-state index contributed by atoms with van der Waals surface area (Å²) in [5.41, 5.74) is 3.20. The molecule has 2 atom stereocenters. The van der Waals surface area contributed by atoms with E-state index in [2.05, 4.69) is 56.5 Å². The number of urea groups is 1. The molecule has 33 heavy (non-hydrogen) atoms. The molecule has 0 aliphatic carbocycles. The summed E-state index contributed by atoms with van der Waals surface area (Å²) in [6, 6.07) is 6.49. The Bertz CT molecular complexity index is 973. The van der Waals surface area contributed by atoms with Crippen molar-refractivity contribution in [2.75, 3.05) is 38.7 Å². The number of amides is 2. The number of benzene rings is 1. The molecule has 0 saturated carbocycles. The van der Waals surface area contributed by atoms with Gasteiger partial charge in [-0.1, -0.05) is 11.2 Å². The number of carbonyl (C=O) groups is 1. The third-order valence-corrected chi connectivity index (χ3v) is 5.98. The van der Waals surface area contributed by atoms with E-state index in [9.17, 15) is 4.79 Å². The molecular weight excluding hydrogens is 420 g/mol. The Labute approximate surface area is 195 Å². The summed E-state index contributed by atoms with van der Waals surface area (Å²) in [5.74, 6) is 1.67. The summed E-state index contributed by atoms with van der Waals surface area (Å²) in [5, 5.41) is 7.29. The molecule has 0 spiro atoms. The van der Waals surface area contributed by atoms with Crippen molar-refractivity contribution in [3.8, 4) is 5.75 Å². The van der Waals surface area contributed by atoms with Gasteiger partial charge in [0.25, 0.3) is 0 Å². The van der Waals surface area contributed by atoms with Crippen LogP contribution in [0.15, 0.2) is 33.9 Å². The molecule has 0 radical (unpaired) electrons. The number of likely N-dealkylation sites (N-methyl/N-ethyl adjacent to an activating group) is 1. The van der Waals surface area contributed by atoms with Crippen molar-refractivity contribution in [3.63, 3.8) is 0 Å². The Morgan fingerprint density at radius 2 is 2.24 bits per heavy atom. The monoisotopic (exact) mass is 454 g/mol. The fourth-order valence-corrected chi connectivity index (χ4v) is 4.30. The number of aliphatic imine (C=N–C) groups is 1. The number of hydrogen-bond donors (Lipinski definition) is 1. The third-order valence-electron chi connectivity index (χ3n) is 5.98.